The van der Waals surface area contributed by atoms with Gasteiger partial charge in [0.05, 0.1) is 12.1 Å². The van der Waals surface area contributed by atoms with Crippen LogP contribution in [0, 0.1) is 0 Å². The van der Waals surface area contributed by atoms with Gasteiger partial charge in [-0.3, -0.25) is 9.36 Å². The van der Waals surface area contributed by atoms with Gasteiger partial charge in [-0.1, -0.05) is 12.1 Å². The standard InChI is InChI=1S/C12H12N2O5/c1-7(15)13-8(11(16)17)6-14-9-4-2-3-5-10(9)19-12(14)18/h2-5,8H,6H2,1H3,(H,13,15)(H,16,17). The van der Waals surface area contributed by atoms with E-state index in [0.29, 0.717) is 11.1 Å². The lowest BCUT2D eigenvalue weighted by atomic mass is 10.2. The molecule has 7 heteroatoms. The van der Waals surface area contributed by atoms with Crippen LogP contribution < -0.4 is 11.1 Å². The van der Waals surface area contributed by atoms with Crippen LogP contribution in [0.15, 0.2) is 33.5 Å². The van der Waals surface area contributed by atoms with E-state index in [1.165, 1.54) is 11.5 Å². The van der Waals surface area contributed by atoms with Gasteiger partial charge in [0.1, 0.15) is 6.04 Å². The third-order valence-electron chi connectivity index (χ3n) is 2.61. The molecule has 2 rings (SSSR count). The Morgan fingerprint density at radius 2 is 2.11 bits per heavy atom. The van der Waals surface area contributed by atoms with Crippen molar-refractivity contribution in [2.45, 2.75) is 19.5 Å². The number of oxazole rings is 1. The van der Waals surface area contributed by atoms with E-state index in [0.717, 1.165) is 0 Å². The maximum atomic E-state index is 11.7. The van der Waals surface area contributed by atoms with Gasteiger partial charge in [-0.25, -0.2) is 9.59 Å². The first-order valence-corrected chi connectivity index (χ1v) is 5.57. The number of aliphatic carboxylic acids is 1. The number of carbonyl (C=O) groups is 2. The lowest BCUT2D eigenvalue weighted by Crippen LogP contribution is -2.43. The summed E-state index contributed by atoms with van der Waals surface area (Å²) in [5.41, 5.74) is 0.864. The van der Waals surface area contributed by atoms with Crippen molar-refractivity contribution in [3.63, 3.8) is 0 Å². The van der Waals surface area contributed by atoms with Crippen molar-refractivity contribution in [3.05, 3.63) is 34.8 Å². The Morgan fingerprint density at radius 1 is 1.42 bits per heavy atom. The second-order valence-electron chi connectivity index (χ2n) is 4.04. The molecule has 2 aromatic rings. The number of fused-ring (bicyclic) bond motifs is 1. The SMILES string of the molecule is CC(=O)NC(Cn1c(=O)oc2ccccc21)C(=O)O. The van der Waals surface area contributed by atoms with Crippen LogP contribution in [-0.2, 0) is 16.1 Å². The van der Waals surface area contributed by atoms with Crippen LogP contribution >= 0.6 is 0 Å². The zero-order chi connectivity index (χ0) is 14.0. The molecule has 0 bridgehead atoms. The van der Waals surface area contributed by atoms with E-state index < -0.39 is 23.7 Å². The number of carbonyl (C=O) groups excluding carboxylic acids is 1. The van der Waals surface area contributed by atoms with Gasteiger partial charge in [0.25, 0.3) is 0 Å². The molecule has 0 fully saturated rings. The summed E-state index contributed by atoms with van der Waals surface area (Å²) in [6.07, 6.45) is 0. The number of benzene rings is 1. The van der Waals surface area contributed by atoms with Crippen LogP contribution in [-0.4, -0.2) is 27.6 Å². The highest BCUT2D eigenvalue weighted by Gasteiger charge is 2.21. The highest BCUT2D eigenvalue weighted by Crippen LogP contribution is 2.12. The van der Waals surface area contributed by atoms with Crippen molar-refractivity contribution < 1.29 is 19.1 Å². The van der Waals surface area contributed by atoms with Gasteiger partial charge in [-0.05, 0) is 12.1 Å². The summed E-state index contributed by atoms with van der Waals surface area (Å²) in [6, 6.07) is 5.49. The number of carboxylic acids is 1. The van der Waals surface area contributed by atoms with Crippen LogP contribution in [0.4, 0.5) is 0 Å². The monoisotopic (exact) mass is 264 g/mol. The molecule has 1 unspecified atom stereocenters. The fourth-order valence-electron chi connectivity index (χ4n) is 1.80. The second kappa shape index (κ2) is 4.97. The average Bonchev–Trinajstić information content (AvgIpc) is 2.64. The highest BCUT2D eigenvalue weighted by atomic mass is 16.4. The number of para-hydroxylation sites is 2. The summed E-state index contributed by atoms with van der Waals surface area (Å²) >= 11 is 0. The minimum Gasteiger partial charge on any atom is -0.480 e. The summed E-state index contributed by atoms with van der Waals surface area (Å²) < 4.78 is 6.17. The molecule has 0 aliphatic heterocycles. The Morgan fingerprint density at radius 3 is 2.74 bits per heavy atom. The van der Waals surface area contributed by atoms with Crippen LogP contribution in [0.5, 0.6) is 0 Å². The largest absolute Gasteiger partial charge is 0.480 e. The molecule has 19 heavy (non-hydrogen) atoms. The predicted octanol–water partition coefficient (Wildman–Crippen LogP) is 0.184. The minimum absolute atomic E-state index is 0.190. The van der Waals surface area contributed by atoms with Crippen LogP contribution in [0.2, 0.25) is 0 Å². The second-order valence-corrected chi connectivity index (χ2v) is 4.04. The molecule has 0 saturated heterocycles. The first kappa shape index (κ1) is 12.9. The number of nitrogens with zero attached hydrogens (tertiary/aromatic N) is 1. The van der Waals surface area contributed by atoms with E-state index in [1.807, 2.05) is 0 Å². The molecule has 0 saturated carbocycles. The van der Waals surface area contributed by atoms with Crippen molar-refractivity contribution >= 4 is 23.0 Å². The molecule has 1 heterocycles. The Labute approximate surface area is 107 Å². The Kier molecular flexibility index (Phi) is 3.37. The van der Waals surface area contributed by atoms with Gasteiger partial charge in [0, 0.05) is 6.92 Å². The van der Waals surface area contributed by atoms with Crippen molar-refractivity contribution in [3.8, 4) is 0 Å². The molecule has 1 amide bonds. The number of hydrogen-bond donors (Lipinski definition) is 2. The smallest absolute Gasteiger partial charge is 0.420 e. The number of hydrogen-bond acceptors (Lipinski definition) is 4. The van der Waals surface area contributed by atoms with E-state index in [1.54, 1.807) is 24.3 Å². The lowest BCUT2D eigenvalue weighted by molar-refractivity contribution is -0.141. The van der Waals surface area contributed by atoms with Crippen LogP contribution in [0.3, 0.4) is 0 Å². The molecule has 7 nitrogen and oxygen atoms in total. The van der Waals surface area contributed by atoms with Crippen molar-refractivity contribution in [1.82, 2.24) is 9.88 Å². The first-order valence-electron chi connectivity index (χ1n) is 5.57. The van der Waals surface area contributed by atoms with Crippen LogP contribution in [0.25, 0.3) is 11.1 Å². The Bertz CT molecular complexity index is 685. The van der Waals surface area contributed by atoms with E-state index in [2.05, 4.69) is 5.32 Å². The van der Waals surface area contributed by atoms with Gasteiger partial charge in [0.2, 0.25) is 5.91 Å². The fraction of sp³-hybridized carbons (Fsp3) is 0.250. The van der Waals surface area contributed by atoms with Gasteiger partial charge in [-0.2, -0.15) is 0 Å². The molecule has 0 radical (unpaired) electrons. The third kappa shape index (κ3) is 2.65. The fourth-order valence-corrected chi connectivity index (χ4v) is 1.80. The van der Waals surface area contributed by atoms with Gasteiger partial charge in [0.15, 0.2) is 5.58 Å². The molecule has 2 N–H and O–H groups in total. The topological polar surface area (TPSA) is 102 Å². The molecular weight excluding hydrogens is 252 g/mol. The number of aromatic nitrogens is 1. The molecule has 1 atom stereocenters. The molecule has 1 aromatic carbocycles. The summed E-state index contributed by atoms with van der Waals surface area (Å²) in [6.45, 7) is 1.02. The predicted molar refractivity (Wildman–Crippen MR) is 65.7 cm³/mol. The molecular formula is C12H12N2O5. The Hall–Kier alpha value is -2.57. The zero-order valence-corrected chi connectivity index (χ0v) is 10.1. The van der Waals surface area contributed by atoms with E-state index in [-0.39, 0.29) is 6.54 Å². The number of carboxylic acid groups (broad SMARTS) is 1. The first-order chi connectivity index (χ1) is 8.99. The van der Waals surface area contributed by atoms with E-state index in [9.17, 15) is 14.4 Å². The van der Waals surface area contributed by atoms with Crippen molar-refractivity contribution in [2.24, 2.45) is 0 Å². The van der Waals surface area contributed by atoms with Crippen molar-refractivity contribution in [1.29, 1.82) is 0 Å². The molecule has 0 spiro atoms. The van der Waals surface area contributed by atoms with Crippen molar-refractivity contribution in [2.75, 3.05) is 0 Å². The minimum atomic E-state index is -1.22. The lowest BCUT2D eigenvalue weighted by Gasteiger charge is -2.13. The van der Waals surface area contributed by atoms with E-state index >= 15 is 0 Å². The maximum Gasteiger partial charge on any atom is 0.420 e. The maximum absolute atomic E-state index is 11.7. The molecule has 100 valence electrons. The molecule has 1 aromatic heterocycles. The number of rotatable bonds is 4. The summed E-state index contributed by atoms with van der Waals surface area (Å²) in [4.78, 5) is 33.7. The quantitative estimate of drug-likeness (QED) is 0.820. The molecule has 0 aliphatic rings. The highest BCUT2D eigenvalue weighted by molar-refractivity contribution is 5.82. The normalized spacial score (nSPS) is 12.3. The van der Waals surface area contributed by atoms with Gasteiger partial charge < -0.3 is 14.8 Å². The summed E-state index contributed by atoms with van der Waals surface area (Å²) in [5, 5.41) is 11.3. The van der Waals surface area contributed by atoms with Gasteiger partial charge >= 0.3 is 11.7 Å². The summed E-state index contributed by atoms with van der Waals surface area (Å²) in [7, 11) is 0. The van der Waals surface area contributed by atoms with E-state index in [4.69, 9.17) is 9.52 Å². The Balaban J connectivity index is 2.38. The average molecular weight is 264 g/mol. The summed E-state index contributed by atoms with van der Waals surface area (Å²) in [5.74, 6) is -2.35. The van der Waals surface area contributed by atoms with Gasteiger partial charge in [-0.15, -0.1) is 0 Å². The number of amides is 1. The zero-order valence-electron chi connectivity index (χ0n) is 10.1. The van der Waals surface area contributed by atoms with Crippen LogP contribution in [0.1, 0.15) is 6.92 Å². The number of nitrogens with one attached hydrogen (secondary N) is 1. The third-order valence-corrected chi connectivity index (χ3v) is 2.61. The molecule has 0 aliphatic carbocycles.